The molecule has 0 radical (unpaired) electrons. The van der Waals surface area contributed by atoms with Crippen molar-refractivity contribution < 1.29 is 80.5 Å². The van der Waals surface area contributed by atoms with Crippen LogP contribution < -0.4 is 16.4 Å². The van der Waals surface area contributed by atoms with Gasteiger partial charge in [0.15, 0.2) is 17.7 Å². The highest BCUT2D eigenvalue weighted by molar-refractivity contribution is 8.14. The molecule has 0 aliphatic carbocycles. The highest BCUT2D eigenvalue weighted by Gasteiger charge is 2.50. The fourth-order valence-corrected chi connectivity index (χ4v) is 7.93. The maximum Gasteiger partial charge on any atom is 0.481 e. The molecule has 10 N–H and O–H groups in total. The molecule has 7 atom stereocenters. The molecule has 0 spiro atoms. The zero-order chi connectivity index (χ0) is 39.8. The Bertz CT molecular complexity index is 1790. The zero-order valence-corrected chi connectivity index (χ0v) is 31.7. The van der Waals surface area contributed by atoms with Crippen LogP contribution in [0.4, 0.5) is 5.82 Å². The highest BCUT2D eigenvalue weighted by Crippen LogP contribution is 2.61. The Hall–Kier alpha value is -2.70. The molecule has 2 aromatic rings. The van der Waals surface area contributed by atoms with Crippen LogP contribution in [-0.2, 0) is 50.7 Å². The van der Waals surface area contributed by atoms with Gasteiger partial charge in [-0.3, -0.25) is 32.5 Å². The lowest BCUT2D eigenvalue weighted by molar-refractivity contribution is -0.137. The van der Waals surface area contributed by atoms with Gasteiger partial charge in [-0.15, -0.1) is 0 Å². The number of phosphoric ester groups is 3. The van der Waals surface area contributed by atoms with E-state index in [0.29, 0.717) is 5.75 Å². The number of thioether (sulfide) groups is 1. The minimum absolute atomic E-state index is 0.0300. The number of amides is 2. The number of aromatic nitrogens is 4. The van der Waals surface area contributed by atoms with Gasteiger partial charge in [-0.05, 0) is 13.0 Å². The number of anilines is 1. The van der Waals surface area contributed by atoms with Crippen LogP contribution in [0, 0.1) is 5.41 Å². The number of nitrogen functional groups attached to an aromatic ring is 1. The molecule has 1 fully saturated rings. The molecule has 298 valence electrons. The van der Waals surface area contributed by atoms with Crippen LogP contribution >= 0.6 is 35.2 Å². The van der Waals surface area contributed by atoms with Crippen molar-refractivity contribution in [3.05, 3.63) is 24.8 Å². The van der Waals surface area contributed by atoms with E-state index in [9.17, 15) is 57.9 Å². The molecular formula is C25H40N7O17P3S. The van der Waals surface area contributed by atoms with Gasteiger partial charge in [0.1, 0.15) is 36.3 Å². The third kappa shape index (κ3) is 13.5. The zero-order valence-electron chi connectivity index (χ0n) is 28.2. The van der Waals surface area contributed by atoms with Gasteiger partial charge in [-0.2, -0.15) is 4.31 Å². The smallest absolute Gasteiger partial charge is 0.386 e. The Morgan fingerprint density at radius 1 is 1.09 bits per heavy atom. The standard InChI is InChI=1S/C25H40N7O17P3S/c1-4-5-16(34)53-9-8-27-15(33)6-7-28-23(37)20(36)25(2,3)11-46-52(43,44)49-51(41,42)45-10-14-19(48-50(38,39)40)18(35)24(47-14)32-13-31-17-21(26)29-12-30-22(17)32/h4-5,12-14,18-20,24,35-36H,6-11H2,1-3H3,(H,27,33)(H,28,37)(H,41,42)(H,43,44)(H2,26,29,30)(H2,38,39,40)/b5-4+/t14-,18+,19-,20-,24-/m0/s1. The SMILES string of the molecule is C/C=C/C(=O)SCCNC(=O)CCNC(=O)[C@H](O)C(C)(C)COP(=O)(O)OP(=O)(O)OC[C@@H]1O[C@H](n2cnc3c(N)ncnc32)[C@H](O)[C@H]1OP(=O)(O)O. The van der Waals surface area contributed by atoms with Gasteiger partial charge in [-0.25, -0.2) is 28.6 Å². The molecule has 1 aliphatic heterocycles. The van der Waals surface area contributed by atoms with Crippen molar-refractivity contribution >= 4 is 69.1 Å². The topological polar surface area (TPSA) is 364 Å². The number of nitrogens with two attached hydrogens (primary N) is 1. The van der Waals surface area contributed by atoms with Crippen LogP contribution in [0.25, 0.3) is 11.2 Å². The molecule has 2 aromatic heterocycles. The van der Waals surface area contributed by atoms with E-state index in [0.717, 1.165) is 29.0 Å². The first kappa shape index (κ1) is 44.7. The minimum atomic E-state index is -5.56. The first-order valence-corrected chi connectivity index (χ1v) is 20.7. The fourth-order valence-electron chi connectivity index (χ4n) is 4.47. The van der Waals surface area contributed by atoms with E-state index in [1.165, 1.54) is 19.9 Å². The van der Waals surface area contributed by atoms with Crippen LogP contribution in [0.3, 0.4) is 0 Å². The van der Waals surface area contributed by atoms with Gasteiger partial charge in [0.2, 0.25) is 16.9 Å². The Labute approximate surface area is 305 Å². The fraction of sp³-hybridized carbons (Fsp3) is 0.600. The average Bonchev–Trinajstić information content (AvgIpc) is 3.61. The highest BCUT2D eigenvalue weighted by atomic mass is 32.2. The summed E-state index contributed by atoms with van der Waals surface area (Å²) in [4.78, 5) is 86.7. The third-order valence-corrected chi connectivity index (χ3v) is 11.0. The lowest BCUT2D eigenvalue weighted by atomic mass is 9.87. The van der Waals surface area contributed by atoms with Crippen molar-refractivity contribution in [3.8, 4) is 0 Å². The lowest BCUT2D eigenvalue weighted by Crippen LogP contribution is -2.46. The number of rotatable bonds is 20. The Morgan fingerprint density at radius 2 is 1.77 bits per heavy atom. The second kappa shape index (κ2) is 18.8. The van der Waals surface area contributed by atoms with E-state index in [-0.39, 0.29) is 41.6 Å². The first-order valence-electron chi connectivity index (χ1n) is 15.2. The van der Waals surface area contributed by atoms with E-state index >= 15 is 0 Å². The average molecular weight is 836 g/mol. The molecule has 0 aromatic carbocycles. The second-order valence-electron chi connectivity index (χ2n) is 11.7. The Balaban J connectivity index is 1.52. The number of carbonyl (C=O) groups is 3. The second-order valence-corrected chi connectivity index (χ2v) is 17.1. The number of aliphatic hydroxyl groups is 2. The van der Waals surface area contributed by atoms with Gasteiger partial charge in [-0.1, -0.05) is 31.7 Å². The number of imidazole rings is 1. The van der Waals surface area contributed by atoms with E-state index in [1.54, 1.807) is 13.0 Å². The summed E-state index contributed by atoms with van der Waals surface area (Å²) < 4.78 is 61.9. The van der Waals surface area contributed by atoms with Crippen LogP contribution in [0.15, 0.2) is 24.8 Å². The number of nitrogens with zero attached hydrogens (tertiary/aromatic N) is 4. The number of hydrogen-bond acceptors (Lipinski definition) is 18. The number of phosphoric acid groups is 3. The molecule has 1 aliphatic rings. The van der Waals surface area contributed by atoms with Crippen molar-refractivity contribution in [2.45, 2.75) is 57.8 Å². The van der Waals surface area contributed by atoms with Crippen molar-refractivity contribution in [3.63, 3.8) is 0 Å². The molecule has 2 unspecified atom stereocenters. The summed E-state index contributed by atoms with van der Waals surface area (Å²) >= 11 is 1.01. The normalized spacial score (nSPS) is 22.4. The van der Waals surface area contributed by atoms with E-state index in [1.807, 2.05) is 0 Å². The van der Waals surface area contributed by atoms with E-state index in [2.05, 4.69) is 34.4 Å². The minimum Gasteiger partial charge on any atom is -0.386 e. The molecule has 2 amide bonds. The predicted molar refractivity (Wildman–Crippen MR) is 182 cm³/mol. The van der Waals surface area contributed by atoms with Crippen LogP contribution in [0.2, 0.25) is 0 Å². The largest absolute Gasteiger partial charge is 0.481 e. The summed E-state index contributed by atoms with van der Waals surface area (Å²) in [6.07, 6.45) is -3.94. The van der Waals surface area contributed by atoms with Gasteiger partial charge in [0.25, 0.3) is 0 Å². The first-order chi connectivity index (χ1) is 24.6. The van der Waals surface area contributed by atoms with Crippen molar-refractivity contribution in [2.24, 2.45) is 5.41 Å². The lowest BCUT2D eigenvalue weighted by Gasteiger charge is -2.30. The van der Waals surface area contributed by atoms with Crippen LogP contribution in [-0.4, -0.2) is 123 Å². The summed E-state index contributed by atoms with van der Waals surface area (Å²) in [5, 5.41) is 26.1. The van der Waals surface area contributed by atoms with Crippen molar-refractivity contribution in [1.82, 2.24) is 30.2 Å². The van der Waals surface area contributed by atoms with Crippen LogP contribution in [0.1, 0.15) is 33.4 Å². The summed E-state index contributed by atoms with van der Waals surface area (Å²) in [6, 6.07) is 0. The Morgan fingerprint density at radius 3 is 2.43 bits per heavy atom. The molecule has 24 nitrogen and oxygen atoms in total. The number of allylic oxidation sites excluding steroid dienone is 1. The Kier molecular flexibility index (Phi) is 15.8. The number of ether oxygens (including phenoxy) is 1. The molecule has 0 bridgehead atoms. The summed E-state index contributed by atoms with van der Waals surface area (Å²) in [5.41, 5.74) is 4.26. The summed E-state index contributed by atoms with van der Waals surface area (Å²) in [5.74, 6) is -1.13. The van der Waals surface area contributed by atoms with E-state index < -0.39 is 84.6 Å². The number of carbonyl (C=O) groups excluding carboxylic acids is 3. The monoisotopic (exact) mass is 835 g/mol. The van der Waals surface area contributed by atoms with E-state index in [4.69, 9.17) is 19.5 Å². The molecule has 53 heavy (non-hydrogen) atoms. The maximum atomic E-state index is 12.6. The molecule has 3 heterocycles. The van der Waals surface area contributed by atoms with Gasteiger partial charge < -0.3 is 50.9 Å². The number of fused-ring (bicyclic) bond motifs is 1. The quantitative estimate of drug-likeness (QED) is 0.0449. The maximum absolute atomic E-state index is 12.6. The number of aliphatic hydroxyl groups excluding tert-OH is 2. The number of nitrogens with one attached hydrogen (secondary N) is 2. The van der Waals surface area contributed by atoms with Gasteiger partial charge in [0.05, 0.1) is 19.5 Å². The van der Waals surface area contributed by atoms with Crippen LogP contribution in [0.5, 0.6) is 0 Å². The third-order valence-electron chi connectivity index (χ3n) is 7.05. The summed E-state index contributed by atoms with van der Waals surface area (Å²) in [6.45, 7) is 2.17. The van der Waals surface area contributed by atoms with Crippen molar-refractivity contribution in [1.29, 1.82) is 0 Å². The molecule has 28 heteroatoms. The molecule has 1 saturated heterocycles. The molecular weight excluding hydrogens is 795 g/mol. The predicted octanol–water partition coefficient (Wildman–Crippen LogP) is -0.759. The van der Waals surface area contributed by atoms with Crippen molar-refractivity contribution in [2.75, 3.05) is 37.8 Å². The van der Waals surface area contributed by atoms with Gasteiger partial charge >= 0.3 is 23.5 Å². The number of hydrogen-bond donors (Lipinski definition) is 9. The molecule has 0 saturated carbocycles. The summed E-state index contributed by atoms with van der Waals surface area (Å²) in [7, 11) is -16.4. The molecule has 3 rings (SSSR count). The van der Waals surface area contributed by atoms with Gasteiger partial charge in [0, 0.05) is 30.7 Å².